The average Bonchev–Trinajstić information content (AvgIpc) is 2.47. The van der Waals surface area contributed by atoms with Gasteiger partial charge in [-0.3, -0.25) is 4.98 Å². The molecular weight excluding hydrogens is 362 g/mol. The molecule has 1 aromatic rings. The summed E-state index contributed by atoms with van der Waals surface area (Å²) in [5, 5.41) is 9.23. The predicted molar refractivity (Wildman–Crippen MR) is 81.8 cm³/mol. The maximum Gasteiger partial charge on any atom is 0.244 e. The number of hydrogen-bond acceptors (Lipinski definition) is 5. The van der Waals surface area contributed by atoms with E-state index in [1.54, 1.807) is 12.3 Å². The Morgan fingerprint density at radius 2 is 2.10 bits per heavy atom. The van der Waals surface area contributed by atoms with Crippen LogP contribution in [0.5, 0.6) is 0 Å². The molecule has 2 rings (SSSR count). The van der Waals surface area contributed by atoms with Gasteiger partial charge >= 0.3 is 0 Å². The molecule has 1 fully saturated rings. The highest BCUT2D eigenvalue weighted by Crippen LogP contribution is 2.35. The van der Waals surface area contributed by atoms with Gasteiger partial charge in [0.25, 0.3) is 0 Å². The molecule has 0 amide bonds. The Morgan fingerprint density at radius 3 is 2.60 bits per heavy atom. The third kappa shape index (κ3) is 3.01. The van der Waals surface area contributed by atoms with Crippen molar-refractivity contribution in [3.05, 3.63) is 22.9 Å². The molecule has 0 bridgehead atoms. The first-order chi connectivity index (χ1) is 9.43. The van der Waals surface area contributed by atoms with Gasteiger partial charge in [-0.15, -0.1) is 11.8 Å². The van der Waals surface area contributed by atoms with E-state index in [2.05, 4.69) is 27.0 Å². The minimum Gasteiger partial charge on any atom is -0.262 e. The number of thioether (sulfide) groups is 1. The lowest BCUT2D eigenvalue weighted by atomic mass is 9.99. The van der Waals surface area contributed by atoms with Crippen molar-refractivity contribution in [2.75, 3.05) is 19.3 Å². The highest BCUT2D eigenvalue weighted by atomic mass is 79.9. The highest BCUT2D eigenvalue weighted by molar-refractivity contribution is 9.10. The van der Waals surface area contributed by atoms with Gasteiger partial charge in [-0.2, -0.15) is 9.57 Å². The molecular formula is C12H14BrN3O2S2. The van der Waals surface area contributed by atoms with Crippen molar-refractivity contribution in [1.29, 1.82) is 5.26 Å². The van der Waals surface area contributed by atoms with Gasteiger partial charge in [0.15, 0.2) is 0 Å². The molecule has 1 saturated heterocycles. The summed E-state index contributed by atoms with van der Waals surface area (Å²) >= 11 is 4.73. The van der Waals surface area contributed by atoms with E-state index < -0.39 is 14.8 Å². The molecule has 8 heteroatoms. The van der Waals surface area contributed by atoms with Crippen LogP contribution in [0.2, 0.25) is 0 Å². The number of pyridine rings is 1. The largest absolute Gasteiger partial charge is 0.262 e. The van der Waals surface area contributed by atoms with Crippen LogP contribution in [0.15, 0.2) is 27.8 Å². The zero-order chi connectivity index (χ0) is 14.8. The Morgan fingerprint density at radius 1 is 1.45 bits per heavy atom. The normalized spacial score (nSPS) is 19.4. The van der Waals surface area contributed by atoms with Crippen molar-refractivity contribution in [2.45, 2.75) is 22.5 Å². The molecule has 0 saturated carbocycles. The molecule has 0 spiro atoms. The van der Waals surface area contributed by atoms with Crippen LogP contribution >= 0.6 is 27.7 Å². The zero-order valence-electron chi connectivity index (χ0n) is 10.9. The van der Waals surface area contributed by atoms with Crippen LogP contribution in [0.4, 0.5) is 0 Å². The molecule has 0 radical (unpaired) electrons. The van der Waals surface area contributed by atoms with E-state index in [0.29, 0.717) is 30.4 Å². The van der Waals surface area contributed by atoms with E-state index in [0.717, 1.165) is 0 Å². The summed E-state index contributed by atoms with van der Waals surface area (Å²) in [5.41, 5.74) is 0. The van der Waals surface area contributed by atoms with E-state index in [4.69, 9.17) is 0 Å². The molecule has 0 N–H and O–H groups in total. The highest BCUT2D eigenvalue weighted by Gasteiger charge is 2.38. The van der Waals surface area contributed by atoms with Gasteiger partial charge in [0.1, 0.15) is 9.64 Å². The third-order valence-corrected chi connectivity index (χ3v) is 7.02. The molecule has 5 nitrogen and oxygen atoms in total. The summed E-state index contributed by atoms with van der Waals surface area (Å²) in [6.07, 6.45) is 5.88. The van der Waals surface area contributed by atoms with Crippen LogP contribution < -0.4 is 0 Å². The summed E-state index contributed by atoms with van der Waals surface area (Å²) in [4.78, 5) is 4.08. The van der Waals surface area contributed by atoms with Crippen molar-refractivity contribution in [1.82, 2.24) is 9.29 Å². The van der Waals surface area contributed by atoms with Gasteiger partial charge in [0.05, 0.1) is 6.07 Å². The Bertz CT molecular complexity index is 634. The first-order valence-electron chi connectivity index (χ1n) is 6.01. The van der Waals surface area contributed by atoms with Crippen molar-refractivity contribution >= 4 is 37.7 Å². The summed E-state index contributed by atoms with van der Waals surface area (Å²) < 4.78 is 26.6. The number of hydrogen-bond donors (Lipinski definition) is 0. The van der Waals surface area contributed by atoms with Crippen molar-refractivity contribution in [3.63, 3.8) is 0 Å². The minimum absolute atomic E-state index is 0.181. The number of aromatic nitrogens is 1. The molecule has 0 aliphatic carbocycles. The second kappa shape index (κ2) is 6.02. The SMILES string of the molecule is CSC1(C#N)CCN(S(=O)(=O)c2cncc(Br)c2)CC1. The van der Waals surface area contributed by atoms with Crippen LogP contribution in [-0.2, 0) is 10.0 Å². The predicted octanol–water partition coefficient (Wildman–Crippen LogP) is 2.25. The Labute approximate surface area is 131 Å². The topological polar surface area (TPSA) is 74.1 Å². The van der Waals surface area contributed by atoms with Gasteiger partial charge in [-0.1, -0.05) is 0 Å². The van der Waals surface area contributed by atoms with Crippen LogP contribution in [0.1, 0.15) is 12.8 Å². The molecule has 20 heavy (non-hydrogen) atoms. The fourth-order valence-corrected chi connectivity index (χ4v) is 4.76. The number of nitriles is 1. The second-order valence-electron chi connectivity index (χ2n) is 4.55. The van der Waals surface area contributed by atoms with Gasteiger partial charge in [0.2, 0.25) is 10.0 Å². The van der Waals surface area contributed by atoms with E-state index >= 15 is 0 Å². The maximum atomic E-state index is 12.5. The molecule has 0 atom stereocenters. The van der Waals surface area contributed by atoms with E-state index in [1.165, 1.54) is 22.3 Å². The third-order valence-electron chi connectivity index (χ3n) is 3.44. The van der Waals surface area contributed by atoms with E-state index in [-0.39, 0.29) is 4.90 Å². The monoisotopic (exact) mass is 375 g/mol. The fraction of sp³-hybridized carbons (Fsp3) is 0.500. The molecule has 2 heterocycles. The number of rotatable bonds is 3. The lowest BCUT2D eigenvalue weighted by Crippen LogP contribution is -2.44. The summed E-state index contributed by atoms with van der Waals surface area (Å²) in [7, 11) is -3.53. The Kier molecular flexibility index (Phi) is 4.74. The number of piperidine rings is 1. The smallest absolute Gasteiger partial charge is 0.244 e. The lowest BCUT2D eigenvalue weighted by Gasteiger charge is -2.35. The van der Waals surface area contributed by atoms with Crippen LogP contribution in [0.25, 0.3) is 0 Å². The van der Waals surface area contributed by atoms with Crippen LogP contribution in [-0.4, -0.2) is 41.8 Å². The maximum absolute atomic E-state index is 12.5. The van der Waals surface area contributed by atoms with Gasteiger partial charge < -0.3 is 0 Å². The van der Waals surface area contributed by atoms with Gasteiger partial charge in [-0.25, -0.2) is 8.42 Å². The molecule has 1 aliphatic heterocycles. The van der Waals surface area contributed by atoms with Crippen molar-refractivity contribution in [3.8, 4) is 6.07 Å². The van der Waals surface area contributed by atoms with E-state index in [9.17, 15) is 13.7 Å². The molecule has 0 unspecified atom stereocenters. The standard InChI is InChI=1S/C12H14BrN3O2S2/c1-19-12(9-14)2-4-16(5-3-12)20(17,18)11-6-10(13)7-15-8-11/h6-8H,2-5H2,1H3. The van der Waals surface area contributed by atoms with Crippen molar-refractivity contribution < 1.29 is 8.42 Å². The Hall–Kier alpha value is -0.620. The molecule has 1 aliphatic rings. The summed E-state index contributed by atoms with van der Waals surface area (Å²) in [6.45, 7) is 0.729. The van der Waals surface area contributed by atoms with Gasteiger partial charge in [-0.05, 0) is 41.1 Å². The number of nitrogens with zero attached hydrogens (tertiary/aromatic N) is 3. The molecule has 0 aromatic carbocycles. The number of halogens is 1. The van der Waals surface area contributed by atoms with Crippen LogP contribution in [0, 0.1) is 11.3 Å². The van der Waals surface area contributed by atoms with Gasteiger partial charge in [0, 0.05) is 30.0 Å². The van der Waals surface area contributed by atoms with Crippen molar-refractivity contribution in [2.24, 2.45) is 0 Å². The fourth-order valence-electron chi connectivity index (χ4n) is 2.13. The average molecular weight is 376 g/mol. The van der Waals surface area contributed by atoms with Crippen LogP contribution in [0.3, 0.4) is 0 Å². The molecule has 1 aromatic heterocycles. The van der Waals surface area contributed by atoms with E-state index in [1.807, 2.05) is 6.26 Å². The summed E-state index contributed by atoms with van der Waals surface area (Å²) in [6, 6.07) is 3.85. The lowest BCUT2D eigenvalue weighted by molar-refractivity contribution is 0.327. The zero-order valence-corrected chi connectivity index (χ0v) is 14.1. The Balaban J connectivity index is 2.20. The number of sulfonamides is 1. The quantitative estimate of drug-likeness (QED) is 0.809. The second-order valence-corrected chi connectivity index (χ2v) is 8.60. The first kappa shape index (κ1) is 15.8. The minimum atomic E-state index is -3.53. The summed E-state index contributed by atoms with van der Waals surface area (Å²) in [5.74, 6) is 0. The first-order valence-corrected chi connectivity index (χ1v) is 9.46. The molecule has 108 valence electrons.